The van der Waals surface area contributed by atoms with Gasteiger partial charge in [0.05, 0.1) is 0 Å². The first-order chi connectivity index (χ1) is 8.97. The standard InChI is InChI=1S/C9H12O2.C7H9N/c1-2-9(10,11)8-6-4-3-5-7-8;1-6-4-2-3-5-7(6)8/h3-7,10-11H,2H2,1H3;2-5H,8H2,1H3. The fourth-order valence-electron chi connectivity index (χ4n) is 1.50. The highest BCUT2D eigenvalue weighted by atomic mass is 16.5. The van der Waals surface area contributed by atoms with Gasteiger partial charge in [-0.2, -0.15) is 0 Å². The topological polar surface area (TPSA) is 66.5 Å². The highest BCUT2D eigenvalue weighted by Gasteiger charge is 2.21. The third-order valence-corrected chi connectivity index (χ3v) is 2.92. The summed E-state index contributed by atoms with van der Waals surface area (Å²) < 4.78 is 0. The van der Waals surface area contributed by atoms with E-state index in [1.165, 1.54) is 0 Å². The van der Waals surface area contributed by atoms with Gasteiger partial charge in [-0.15, -0.1) is 0 Å². The Bertz CT molecular complexity index is 474. The van der Waals surface area contributed by atoms with Gasteiger partial charge in [0.25, 0.3) is 0 Å². The first-order valence-corrected chi connectivity index (χ1v) is 6.28. The zero-order valence-electron chi connectivity index (χ0n) is 11.4. The summed E-state index contributed by atoms with van der Waals surface area (Å²) >= 11 is 0. The molecule has 3 nitrogen and oxygen atoms in total. The number of anilines is 1. The van der Waals surface area contributed by atoms with Gasteiger partial charge in [-0.3, -0.25) is 0 Å². The molecule has 0 aliphatic rings. The van der Waals surface area contributed by atoms with Crippen molar-refractivity contribution in [1.82, 2.24) is 0 Å². The maximum atomic E-state index is 9.35. The maximum absolute atomic E-state index is 9.35. The van der Waals surface area contributed by atoms with Crippen molar-refractivity contribution in [2.75, 3.05) is 5.73 Å². The Balaban J connectivity index is 0.000000200. The zero-order valence-corrected chi connectivity index (χ0v) is 11.4. The van der Waals surface area contributed by atoms with Crippen LogP contribution in [0.25, 0.3) is 0 Å². The largest absolute Gasteiger partial charge is 0.399 e. The minimum absolute atomic E-state index is 0.303. The molecule has 3 heteroatoms. The van der Waals surface area contributed by atoms with Crippen molar-refractivity contribution in [3.8, 4) is 0 Å². The van der Waals surface area contributed by atoms with E-state index in [0.29, 0.717) is 12.0 Å². The molecule has 19 heavy (non-hydrogen) atoms. The lowest BCUT2D eigenvalue weighted by molar-refractivity contribution is -0.171. The van der Waals surface area contributed by atoms with Crippen LogP contribution in [0.1, 0.15) is 24.5 Å². The Labute approximate surface area is 114 Å². The van der Waals surface area contributed by atoms with Gasteiger partial charge < -0.3 is 15.9 Å². The Kier molecular flexibility index (Phi) is 5.55. The highest BCUT2D eigenvalue weighted by molar-refractivity contribution is 5.44. The van der Waals surface area contributed by atoms with Gasteiger partial charge in [-0.05, 0) is 18.6 Å². The van der Waals surface area contributed by atoms with Crippen molar-refractivity contribution in [3.05, 3.63) is 65.7 Å². The second-order valence-corrected chi connectivity index (χ2v) is 4.39. The van der Waals surface area contributed by atoms with Gasteiger partial charge in [0.2, 0.25) is 0 Å². The molecule has 0 unspecified atom stereocenters. The van der Waals surface area contributed by atoms with E-state index in [9.17, 15) is 10.2 Å². The van der Waals surface area contributed by atoms with E-state index in [2.05, 4.69) is 0 Å². The molecule has 0 saturated carbocycles. The summed E-state index contributed by atoms with van der Waals surface area (Å²) in [5, 5.41) is 18.7. The summed E-state index contributed by atoms with van der Waals surface area (Å²) in [5.74, 6) is -1.67. The second kappa shape index (κ2) is 6.92. The average Bonchev–Trinajstić information content (AvgIpc) is 2.44. The molecule has 0 amide bonds. The SMILES string of the molecule is CCC(O)(O)c1ccccc1.Cc1ccccc1N. The van der Waals surface area contributed by atoms with Crippen LogP contribution in [-0.2, 0) is 5.79 Å². The van der Waals surface area contributed by atoms with Crippen LogP contribution in [0.15, 0.2) is 54.6 Å². The molecule has 0 radical (unpaired) electrons. The van der Waals surface area contributed by atoms with Crippen molar-refractivity contribution in [1.29, 1.82) is 0 Å². The average molecular weight is 259 g/mol. The van der Waals surface area contributed by atoms with Crippen LogP contribution in [-0.4, -0.2) is 10.2 Å². The molecular weight excluding hydrogens is 238 g/mol. The van der Waals surface area contributed by atoms with Gasteiger partial charge in [0.15, 0.2) is 5.79 Å². The van der Waals surface area contributed by atoms with E-state index < -0.39 is 5.79 Å². The number of nitrogens with two attached hydrogens (primary N) is 1. The molecule has 0 saturated heterocycles. The fourth-order valence-corrected chi connectivity index (χ4v) is 1.50. The quantitative estimate of drug-likeness (QED) is 0.574. The molecule has 0 aliphatic carbocycles. The molecule has 4 N–H and O–H groups in total. The summed E-state index contributed by atoms with van der Waals surface area (Å²) in [4.78, 5) is 0. The number of aliphatic hydroxyl groups is 2. The van der Waals surface area contributed by atoms with E-state index >= 15 is 0 Å². The number of aryl methyl sites for hydroxylation is 1. The first-order valence-electron chi connectivity index (χ1n) is 6.28. The number of nitrogen functional groups attached to an aromatic ring is 1. The first kappa shape index (κ1) is 15.2. The van der Waals surface area contributed by atoms with E-state index in [1.54, 1.807) is 31.2 Å². The minimum atomic E-state index is -1.67. The summed E-state index contributed by atoms with van der Waals surface area (Å²) in [7, 11) is 0. The number of rotatable bonds is 2. The lowest BCUT2D eigenvalue weighted by Crippen LogP contribution is -2.23. The van der Waals surface area contributed by atoms with Crippen LogP contribution in [0.2, 0.25) is 0 Å². The number of para-hydroxylation sites is 1. The number of hydrogen-bond acceptors (Lipinski definition) is 3. The molecule has 102 valence electrons. The molecule has 0 atom stereocenters. The summed E-state index contributed by atoms with van der Waals surface area (Å²) in [5.41, 5.74) is 8.08. The number of benzene rings is 2. The third kappa shape index (κ3) is 4.73. The molecule has 0 aliphatic heterocycles. The lowest BCUT2D eigenvalue weighted by atomic mass is 10.0. The van der Waals surface area contributed by atoms with Gasteiger partial charge >= 0.3 is 0 Å². The fraction of sp³-hybridized carbons (Fsp3) is 0.250. The Morgan fingerprint density at radius 2 is 1.47 bits per heavy atom. The monoisotopic (exact) mass is 259 g/mol. The predicted molar refractivity (Wildman–Crippen MR) is 78.4 cm³/mol. The molecular formula is C16H21NO2. The van der Waals surface area contributed by atoms with Crippen molar-refractivity contribution in [3.63, 3.8) is 0 Å². The minimum Gasteiger partial charge on any atom is -0.399 e. The van der Waals surface area contributed by atoms with Crippen LogP contribution in [0.4, 0.5) is 5.69 Å². The Hall–Kier alpha value is -1.84. The Morgan fingerprint density at radius 3 is 1.89 bits per heavy atom. The van der Waals surface area contributed by atoms with Crippen molar-refractivity contribution in [2.24, 2.45) is 0 Å². The normalized spacial score (nSPS) is 10.5. The van der Waals surface area contributed by atoms with Gasteiger partial charge in [0.1, 0.15) is 0 Å². The van der Waals surface area contributed by atoms with Crippen LogP contribution in [0, 0.1) is 6.92 Å². The molecule has 2 rings (SSSR count). The Morgan fingerprint density at radius 1 is 0.947 bits per heavy atom. The summed E-state index contributed by atoms with van der Waals surface area (Å²) in [6, 6.07) is 16.6. The number of hydrogen-bond donors (Lipinski definition) is 3. The molecule has 2 aromatic carbocycles. The van der Waals surface area contributed by atoms with Gasteiger partial charge in [0, 0.05) is 17.7 Å². The van der Waals surface area contributed by atoms with Gasteiger partial charge in [-0.1, -0.05) is 55.5 Å². The van der Waals surface area contributed by atoms with E-state index in [-0.39, 0.29) is 0 Å². The van der Waals surface area contributed by atoms with E-state index in [0.717, 1.165) is 11.3 Å². The van der Waals surface area contributed by atoms with Crippen LogP contribution >= 0.6 is 0 Å². The molecule has 0 bridgehead atoms. The molecule has 0 aromatic heterocycles. The van der Waals surface area contributed by atoms with E-state index in [1.807, 2.05) is 37.3 Å². The van der Waals surface area contributed by atoms with Gasteiger partial charge in [-0.25, -0.2) is 0 Å². The molecule has 2 aromatic rings. The van der Waals surface area contributed by atoms with Crippen molar-refractivity contribution in [2.45, 2.75) is 26.1 Å². The van der Waals surface area contributed by atoms with Crippen molar-refractivity contribution >= 4 is 5.69 Å². The van der Waals surface area contributed by atoms with Crippen LogP contribution in [0.5, 0.6) is 0 Å². The highest BCUT2D eigenvalue weighted by Crippen LogP contribution is 2.20. The smallest absolute Gasteiger partial charge is 0.189 e. The van der Waals surface area contributed by atoms with Crippen LogP contribution < -0.4 is 5.73 Å². The zero-order chi connectivity index (χ0) is 14.3. The molecule has 0 fully saturated rings. The van der Waals surface area contributed by atoms with Crippen molar-refractivity contribution < 1.29 is 10.2 Å². The lowest BCUT2D eigenvalue weighted by Gasteiger charge is -2.19. The maximum Gasteiger partial charge on any atom is 0.189 e. The molecule has 0 heterocycles. The van der Waals surface area contributed by atoms with E-state index in [4.69, 9.17) is 5.73 Å². The third-order valence-electron chi connectivity index (χ3n) is 2.92. The predicted octanol–water partition coefficient (Wildman–Crippen LogP) is 2.81. The summed E-state index contributed by atoms with van der Waals surface area (Å²) in [6.45, 7) is 3.72. The summed E-state index contributed by atoms with van der Waals surface area (Å²) in [6.07, 6.45) is 0.303. The van der Waals surface area contributed by atoms with Crippen LogP contribution in [0.3, 0.4) is 0 Å². The second-order valence-electron chi connectivity index (χ2n) is 4.39. The molecule has 0 spiro atoms.